The van der Waals surface area contributed by atoms with Gasteiger partial charge in [0, 0.05) is 17.0 Å². The van der Waals surface area contributed by atoms with Crippen LogP contribution >= 0.6 is 11.8 Å². The fourth-order valence-electron chi connectivity index (χ4n) is 2.46. The van der Waals surface area contributed by atoms with E-state index in [4.69, 9.17) is 4.74 Å². The minimum absolute atomic E-state index is 0.230. The Bertz CT molecular complexity index is 419. The molecule has 1 aromatic rings. The fraction of sp³-hybridized carbons (Fsp3) is 0.625. The topological polar surface area (TPSA) is 21.3 Å². The van der Waals surface area contributed by atoms with Gasteiger partial charge in [0.1, 0.15) is 5.75 Å². The van der Waals surface area contributed by atoms with E-state index in [2.05, 4.69) is 63.0 Å². The van der Waals surface area contributed by atoms with Crippen LogP contribution in [-0.4, -0.2) is 23.1 Å². The first-order valence-corrected chi connectivity index (χ1v) is 8.26. The lowest BCUT2D eigenvalue weighted by molar-refractivity contribution is 0.242. The van der Waals surface area contributed by atoms with E-state index in [-0.39, 0.29) is 6.10 Å². The van der Waals surface area contributed by atoms with E-state index in [1.807, 2.05) is 0 Å². The maximum absolute atomic E-state index is 5.73. The molecule has 1 N–H and O–H groups in total. The van der Waals surface area contributed by atoms with Crippen molar-refractivity contribution in [3.63, 3.8) is 0 Å². The van der Waals surface area contributed by atoms with Gasteiger partial charge in [-0.05, 0) is 63.1 Å². The van der Waals surface area contributed by atoms with Crippen molar-refractivity contribution >= 4 is 17.4 Å². The van der Waals surface area contributed by atoms with Crippen LogP contribution in [0, 0.1) is 6.92 Å². The van der Waals surface area contributed by atoms with Crippen molar-refractivity contribution in [2.75, 3.05) is 11.1 Å². The number of rotatable bonds is 4. The normalized spacial score (nSPS) is 23.4. The molecule has 19 heavy (non-hydrogen) atoms. The molecule has 0 aromatic heterocycles. The zero-order valence-corrected chi connectivity index (χ0v) is 13.2. The lowest BCUT2D eigenvalue weighted by Gasteiger charge is -2.30. The minimum Gasteiger partial charge on any atom is -0.491 e. The Morgan fingerprint density at radius 1 is 1.37 bits per heavy atom. The van der Waals surface area contributed by atoms with E-state index >= 15 is 0 Å². The van der Waals surface area contributed by atoms with Crippen molar-refractivity contribution < 1.29 is 4.74 Å². The molecule has 0 radical (unpaired) electrons. The third-order valence-electron chi connectivity index (χ3n) is 3.52. The molecule has 0 saturated carbocycles. The second kappa shape index (κ2) is 6.56. The summed E-state index contributed by atoms with van der Waals surface area (Å²) in [5.41, 5.74) is 2.51. The van der Waals surface area contributed by atoms with Crippen LogP contribution in [0.1, 0.15) is 39.2 Å². The Balaban J connectivity index is 2.04. The van der Waals surface area contributed by atoms with Crippen LogP contribution < -0.4 is 10.1 Å². The van der Waals surface area contributed by atoms with Gasteiger partial charge in [-0.3, -0.25) is 0 Å². The zero-order valence-electron chi connectivity index (χ0n) is 12.4. The summed E-state index contributed by atoms with van der Waals surface area (Å²) in [4.78, 5) is 0. The smallest absolute Gasteiger partial charge is 0.120 e. The highest BCUT2D eigenvalue weighted by atomic mass is 32.2. The summed E-state index contributed by atoms with van der Waals surface area (Å²) in [6.45, 7) is 8.59. The van der Waals surface area contributed by atoms with Crippen LogP contribution in [0.3, 0.4) is 0 Å². The molecule has 1 saturated heterocycles. The molecule has 2 unspecified atom stereocenters. The highest BCUT2D eigenvalue weighted by Crippen LogP contribution is 2.30. The number of benzene rings is 1. The molecular formula is C16H25NOS. The molecule has 1 heterocycles. The van der Waals surface area contributed by atoms with E-state index in [1.165, 1.54) is 29.8 Å². The summed E-state index contributed by atoms with van der Waals surface area (Å²) < 4.78 is 5.73. The van der Waals surface area contributed by atoms with Crippen molar-refractivity contribution in [1.29, 1.82) is 0 Å². The first-order chi connectivity index (χ1) is 9.06. The minimum atomic E-state index is 0.230. The summed E-state index contributed by atoms with van der Waals surface area (Å²) in [6.07, 6.45) is 2.82. The van der Waals surface area contributed by atoms with Crippen molar-refractivity contribution in [3.05, 3.63) is 23.8 Å². The molecule has 1 aliphatic rings. The Kier molecular flexibility index (Phi) is 5.03. The standard InChI is InChI=1S/C16H25NOS/c1-11(2)18-14-7-8-15(12(3)10-14)17-16-6-5-9-19-13(16)4/h7-8,10-11,13,16-17H,5-6,9H2,1-4H3. The van der Waals surface area contributed by atoms with E-state index in [0.717, 1.165) is 5.75 Å². The lowest BCUT2D eigenvalue weighted by atomic mass is 10.1. The van der Waals surface area contributed by atoms with Gasteiger partial charge in [-0.2, -0.15) is 11.8 Å². The molecule has 1 aliphatic heterocycles. The van der Waals surface area contributed by atoms with Crippen LogP contribution in [0.5, 0.6) is 5.75 Å². The van der Waals surface area contributed by atoms with Gasteiger partial charge >= 0.3 is 0 Å². The van der Waals surface area contributed by atoms with Gasteiger partial charge in [0.2, 0.25) is 0 Å². The summed E-state index contributed by atoms with van der Waals surface area (Å²) in [6, 6.07) is 6.94. The monoisotopic (exact) mass is 279 g/mol. The molecule has 106 valence electrons. The molecule has 0 spiro atoms. The van der Waals surface area contributed by atoms with Crippen molar-refractivity contribution in [2.24, 2.45) is 0 Å². The SMILES string of the molecule is Cc1cc(OC(C)C)ccc1NC1CCCSC1C. The average molecular weight is 279 g/mol. The molecule has 3 heteroatoms. The van der Waals surface area contributed by atoms with Crippen LogP contribution in [-0.2, 0) is 0 Å². The van der Waals surface area contributed by atoms with Crippen LogP contribution in [0.4, 0.5) is 5.69 Å². The highest BCUT2D eigenvalue weighted by molar-refractivity contribution is 8.00. The van der Waals surface area contributed by atoms with Crippen molar-refractivity contribution in [1.82, 2.24) is 0 Å². The van der Waals surface area contributed by atoms with Gasteiger partial charge in [-0.1, -0.05) is 6.92 Å². The number of hydrogen-bond donors (Lipinski definition) is 1. The van der Waals surface area contributed by atoms with Crippen LogP contribution in [0.25, 0.3) is 0 Å². The number of anilines is 1. The van der Waals surface area contributed by atoms with Gasteiger partial charge < -0.3 is 10.1 Å². The third-order valence-corrected chi connectivity index (χ3v) is 4.90. The molecule has 2 nitrogen and oxygen atoms in total. The Hall–Kier alpha value is -0.830. The van der Waals surface area contributed by atoms with E-state index in [1.54, 1.807) is 0 Å². The van der Waals surface area contributed by atoms with Gasteiger partial charge in [-0.25, -0.2) is 0 Å². The molecule has 1 fully saturated rings. The maximum Gasteiger partial charge on any atom is 0.120 e. The molecule has 0 bridgehead atoms. The molecule has 2 rings (SSSR count). The maximum atomic E-state index is 5.73. The number of aryl methyl sites for hydroxylation is 1. The van der Waals surface area contributed by atoms with Crippen molar-refractivity contribution in [3.8, 4) is 5.75 Å². The molecule has 1 aromatic carbocycles. The predicted octanol–water partition coefficient (Wildman–Crippen LogP) is 4.48. The van der Waals surface area contributed by atoms with Gasteiger partial charge in [-0.15, -0.1) is 0 Å². The fourth-order valence-corrected chi connectivity index (χ4v) is 3.60. The number of hydrogen-bond acceptors (Lipinski definition) is 3. The number of thioether (sulfide) groups is 1. The first-order valence-electron chi connectivity index (χ1n) is 7.21. The summed E-state index contributed by atoms with van der Waals surface area (Å²) in [5.74, 6) is 2.27. The Labute approximate surface area is 121 Å². The number of ether oxygens (including phenoxy) is 1. The highest BCUT2D eigenvalue weighted by Gasteiger charge is 2.21. The van der Waals surface area contributed by atoms with E-state index in [0.29, 0.717) is 11.3 Å². The molecular weight excluding hydrogens is 254 g/mol. The van der Waals surface area contributed by atoms with E-state index in [9.17, 15) is 0 Å². The zero-order chi connectivity index (χ0) is 13.8. The quantitative estimate of drug-likeness (QED) is 0.878. The Morgan fingerprint density at radius 3 is 2.79 bits per heavy atom. The predicted molar refractivity (Wildman–Crippen MR) is 85.5 cm³/mol. The molecule has 2 atom stereocenters. The lowest BCUT2D eigenvalue weighted by Crippen LogP contribution is -2.33. The summed E-state index contributed by atoms with van der Waals surface area (Å²) in [5, 5.41) is 4.40. The summed E-state index contributed by atoms with van der Waals surface area (Å²) in [7, 11) is 0. The van der Waals surface area contributed by atoms with Gasteiger partial charge in [0.25, 0.3) is 0 Å². The molecule has 0 amide bonds. The van der Waals surface area contributed by atoms with Crippen LogP contribution in [0.15, 0.2) is 18.2 Å². The summed E-state index contributed by atoms with van der Waals surface area (Å²) >= 11 is 2.08. The van der Waals surface area contributed by atoms with E-state index < -0.39 is 0 Å². The average Bonchev–Trinajstić information content (AvgIpc) is 2.34. The Morgan fingerprint density at radius 2 is 2.16 bits per heavy atom. The largest absolute Gasteiger partial charge is 0.491 e. The second-order valence-corrected chi connectivity index (χ2v) is 7.10. The molecule has 0 aliphatic carbocycles. The third kappa shape index (κ3) is 4.07. The van der Waals surface area contributed by atoms with Gasteiger partial charge in [0.05, 0.1) is 6.10 Å². The number of nitrogens with one attached hydrogen (secondary N) is 1. The van der Waals surface area contributed by atoms with Crippen molar-refractivity contribution in [2.45, 2.75) is 57.9 Å². The second-order valence-electron chi connectivity index (χ2n) is 5.61. The van der Waals surface area contributed by atoms with Gasteiger partial charge in [0.15, 0.2) is 0 Å². The van der Waals surface area contributed by atoms with Crippen LogP contribution in [0.2, 0.25) is 0 Å². The first kappa shape index (κ1) is 14.6.